The first kappa shape index (κ1) is 13.4. The van der Waals surface area contributed by atoms with E-state index in [1.807, 2.05) is 0 Å². The lowest BCUT2D eigenvalue weighted by molar-refractivity contribution is 0.221. The molecule has 1 heterocycles. The molecule has 0 unspecified atom stereocenters. The van der Waals surface area contributed by atoms with Gasteiger partial charge in [0.15, 0.2) is 0 Å². The van der Waals surface area contributed by atoms with Crippen molar-refractivity contribution in [3.8, 4) is 0 Å². The highest BCUT2D eigenvalue weighted by Crippen LogP contribution is 2.15. The average Bonchev–Trinajstić information content (AvgIpc) is 2.39. The van der Waals surface area contributed by atoms with Gasteiger partial charge in [0.2, 0.25) is 0 Å². The molecule has 1 fully saturated rings. The van der Waals surface area contributed by atoms with Gasteiger partial charge in [-0.15, -0.1) is 0 Å². The van der Waals surface area contributed by atoms with E-state index in [9.17, 15) is 0 Å². The molecular weight excluding hydrogens is 220 g/mol. The SMILES string of the molecule is CC(C)CNc1ccc(CN2CCCCC2)cc1. The third-order valence-electron chi connectivity index (χ3n) is 3.52. The predicted octanol–water partition coefficient (Wildman–Crippen LogP) is 3.74. The molecule has 2 heteroatoms. The van der Waals surface area contributed by atoms with Crippen LogP contribution in [-0.4, -0.2) is 24.5 Å². The van der Waals surface area contributed by atoms with Gasteiger partial charge in [-0.3, -0.25) is 4.90 Å². The Bertz CT molecular complexity index is 337. The summed E-state index contributed by atoms with van der Waals surface area (Å²) in [5.74, 6) is 0.693. The maximum Gasteiger partial charge on any atom is 0.0340 e. The van der Waals surface area contributed by atoms with Crippen molar-refractivity contribution in [2.75, 3.05) is 25.0 Å². The highest BCUT2D eigenvalue weighted by atomic mass is 15.1. The Labute approximate surface area is 111 Å². The van der Waals surface area contributed by atoms with Gasteiger partial charge in [-0.1, -0.05) is 32.4 Å². The number of piperidine rings is 1. The first-order valence-electron chi connectivity index (χ1n) is 7.29. The Morgan fingerprint density at radius 3 is 2.33 bits per heavy atom. The van der Waals surface area contributed by atoms with Crippen LogP contribution in [0, 0.1) is 5.92 Å². The largest absolute Gasteiger partial charge is 0.385 e. The molecule has 0 saturated carbocycles. The minimum absolute atomic E-state index is 0.693. The number of hydrogen-bond acceptors (Lipinski definition) is 2. The molecule has 0 atom stereocenters. The van der Waals surface area contributed by atoms with Gasteiger partial charge in [-0.2, -0.15) is 0 Å². The fraction of sp³-hybridized carbons (Fsp3) is 0.625. The van der Waals surface area contributed by atoms with E-state index >= 15 is 0 Å². The van der Waals surface area contributed by atoms with Crippen LogP contribution in [0.1, 0.15) is 38.7 Å². The standard InChI is InChI=1S/C16H26N2/c1-14(2)12-17-16-8-6-15(7-9-16)13-18-10-4-3-5-11-18/h6-9,14,17H,3-5,10-13H2,1-2H3. The minimum atomic E-state index is 0.693. The van der Waals surface area contributed by atoms with Gasteiger partial charge in [0.05, 0.1) is 0 Å². The van der Waals surface area contributed by atoms with Crippen molar-refractivity contribution in [3.63, 3.8) is 0 Å². The Kier molecular flexibility index (Phi) is 5.06. The fourth-order valence-corrected chi connectivity index (χ4v) is 2.43. The summed E-state index contributed by atoms with van der Waals surface area (Å²) in [4.78, 5) is 2.57. The third kappa shape index (κ3) is 4.34. The maximum absolute atomic E-state index is 3.46. The van der Waals surface area contributed by atoms with Crippen LogP contribution in [0.5, 0.6) is 0 Å². The van der Waals surface area contributed by atoms with Crippen molar-refractivity contribution in [1.82, 2.24) is 4.90 Å². The lowest BCUT2D eigenvalue weighted by Gasteiger charge is -2.26. The van der Waals surface area contributed by atoms with Gasteiger partial charge in [0, 0.05) is 18.8 Å². The summed E-state index contributed by atoms with van der Waals surface area (Å²) in [6, 6.07) is 8.94. The number of anilines is 1. The molecule has 0 amide bonds. The Morgan fingerprint density at radius 1 is 1.06 bits per heavy atom. The molecule has 1 aromatic carbocycles. The molecule has 0 spiro atoms. The number of rotatable bonds is 5. The quantitative estimate of drug-likeness (QED) is 0.851. The van der Waals surface area contributed by atoms with Crippen LogP contribution in [-0.2, 0) is 6.54 Å². The van der Waals surface area contributed by atoms with Gasteiger partial charge < -0.3 is 5.32 Å². The molecule has 2 nitrogen and oxygen atoms in total. The van der Waals surface area contributed by atoms with E-state index in [0.717, 1.165) is 13.1 Å². The van der Waals surface area contributed by atoms with Crippen molar-refractivity contribution >= 4 is 5.69 Å². The van der Waals surface area contributed by atoms with Crippen molar-refractivity contribution in [2.24, 2.45) is 5.92 Å². The normalized spacial score (nSPS) is 17.1. The van der Waals surface area contributed by atoms with Gasteiger partial charge in [0.25, 0.3) is 0 Å². The van der Waals surface area contributed by atoms with E-state index in [4.69, 9.17) is 0 Å². The summed E-state index contributed by atoms with van der Waals surface area (Å²) < 4.78 is 0. The van der Waals surface area contributed by atoms with E-state index in [1.165, 1.54) is 43.6 Å². The summed E-state index contributed by atoms with van der Waals surface area (Å²) in [7, 11) is 0. The topological polar surface area (TPSA) is 15.3 Å². The summed E-state index contributed by atoms with van der Waals surface area (Å²) >= 11 is 0. The zero-order valence-electron chi connectivity index (χ0n) is 11.8. The molecule has 1 N–H and O–H groups in total. The van der Waals surface area contributed by atoms with Crippen LogP contribution in [0.2, 0.25) is 0 Å². The molecule has 1 aliphatic heterocycles. The van der Waals surface area contributed by atoms with Crippen LogP contribution in [0.4, 0.5) is 5.69 Å². The second-order valence-electron chi connectivity index (χ2n) is 5.81. The molecule has 0 aromatic heterocycles. The predicted molar refractivity (Wildman–Crippen MR) is 78.9 cm³/mol. The van der Waals surface area contributed by atoms with E-state index in [0.29, 0.717) is 5.92 Å². The Balaban J connectivity index is 1.83. The minimum Gasteiger partial charge on any atom is -0.385 e. The number of likely N-dealkylation sites (tertiary alicyclic amines) is 1. The molecule has 18 heavy (non-hydrogen) atoms. The summed E-state index contributed by atoms with van der Waals surface area (Å²) in [5, 5.41) is 3.46. The van der Waals surface area contributed by atoms with Gasteiger partial charge in [-0.25, -0.2) is 0 Å². The molecule has 1 saturated heterocycles. The van der Waals surface area contributed by atoms with E-state index in [2.05, 4.69) is 48.3 Å². The summed E-state index contributed by atoms with van der Waals surface area (Å²) in [6.45, 7) is 9.17. The van der Waals surface area contributed by atoms with E-state index < -0.39 is 0 Å². The van der Waals surface area contributed by atoms with Gasteiger partial charge in [0.1, 0.15) is 0 Å². The summed E-state index contributed by atoms with van der Waals surface area (Å²) in [6.07, 6.45) is 4.15. The monoisotopic (exact) mass is 246 g/mol. The van der Waals surface area contributed by atoms with Crippen LogP contribution < -0.4 is 5.32 Å². The van der Waals surface area contributed by atoms with Gasteiger partial charge in [-0.05, 0) is 49.5 Å². The van der Waals surface area contributed by atoms with Crippen molar-refractivity contribution in [1.29, 1.82) is 0 Å². The molecule has 2 rings (SSSR count). The zero-order valence-corrected chi connectivity index (χ0v) is 11.8. The lowest BCUT2D eigenvalue weighted by atomic mass is 10.1. The molecule has 1 aliphatic rings. The molecule has 0 radical (unpaired) electrons. The first-order valence-corrected chi connectivity index (χ1v) is 7.29. The second-order valence-corrected chi connectivity index (χ2v) is 5.81. The number of nitrogens with zero attached hydrogens (tertiary/aromatic N) is 1. The maximum atomic E-state index is 3.46. The smallest absolute Gasteiger partial charge is 0.0340 e. The number of benzene rings is 1. The second kappa shape index (κ2) is 6.79. The van der Waals surface area contributed by atoms with Crippen molar-refractivity contribution in [2.45, 2.75) is 39.7 Å². The highest BCUT2D eigenvalue weighted by molar-refractivity contribution is 5.44. The van der Waals surface area contributed by atoms with Crippen LogP contribution >= 0.6 is 0 Å². The molecule has 1 aromatic rings. The average molecular weight is 246 g/mol. The Morgan fingerprint density at radius 2 is 1.72 bits per heavy atom. The third-order valence-corrected chi connectivity index (χ3v) is 3.52. The first-order chi connectivity index (χ1) is 8.74. The number of hydrogen-bond donors (Lipinski definition) is 1. The van der Waals surface area contributed by atoms with Gasteiger partial charge >= 0.3 is 0 Å². The molecule has 0 bridgehead atoms. The molecular formula is C16H26N2. The molecule has 100 valence electrons. The van der Waals surface area contributed by atoms with E-state index in [1.54, 1.807) is 0 Å². The highest BCUT2D eigenvalue weighted by Gasteiger charge is 2.09. The zero-order chi connectivity index (χ0) is 12.8. The van der Waals surface area contributed by atoms with E-state index in [-0.39, 0.29) is 0 Å². The van der Waals surface area contributed by atoms with Crippen LogP contribution in [0.15, 0.2) is 24.3 Å². The molecule has 0 aliphatic carbocycles. The van der Waals surface area contributed by atoms with Crippen molar-refractivity contribution in [3.05, 3.63) is 29.8 Å². The van der Waals surface area contributed by atoms with Crippen LogP contribution in [0.25, 0.3) is 0 Å². The lowest BCUT2D eigenvalue weighted by Crippen LogP contribution is -2.29. The fourth-order valence-electron chi connectivity index (χ4n) is 2.43. The summed E-state index contributed by atoms with van der Waals surface area (Å²) in [5.41, 5.74) is 2.68. The Hall–Kier alpha value is -1.02. The van der Waals surface area contributed by atoms with Crippen molar-refractivity contribution < 1.29 is 0 Å². The number of nitrogens with one attached hydrogen (secondary N) is 1. The van der Waals surface area contributed by atoms with Crippen LogP contribution in [0.3, 0.4) is 0 Å².